The predicted molar refractivity (Wildman–Crippen MR) is 115 cm³/mol. The summed E-state index contributed by atoms with van der Waals surface area (Å²) in [5.74, 6) is 2.60. The molecule has 8 heteroatoms. The lowest BCUT2D eigenvalue weighted by Gasteiger charge is -2.28. The predicted octanol–water partition coefficient (Wildman–Crippen LogP) is 2.61. The van der Waals surface area contributed by atoms with E-state index in [1.54, 1.807) is 18.9 Å². The molecule has 0 unspecified atom stereocenters. The molecule has 1 fully saturated rings. The molecule has 1 aromatic heterocycles. The second kappa shape index (κ2) is 9.63. The van der Waals surface area contributed by atoms with Crippen LogP contribution in [0.25, 0.3) is 0 Å². The van der Waals surface area contributed by atoms with Gasteiger partial charge >= 0.3 is 0 Å². The number of benzene rings is 1. The molecule has 0 radical (unpaired) electrons. The summed E-state index contributed by atoms with van der Waals surface area (Å²) in [4.78, 5) is 15.4. The molecular weight excluding hydrogens is 386 g/mol. The highest BCUT2D eigenvalue weighted by atomic mass is 32.2. The molecule has 1 aliphatic carbocycles. The van der Waals surface area contributed by atoms with Crippen LogP contribution in [0.2, 0.25) is 0 Å². The van der Waals surface area contributed by atoms with E-state index in [1.807, 2.05) is 35.9 Å². The molecule has 0 atom stereocenters. The smallest absolute Gasteiger partial charge is 0.231 e. The van der Waals surface area contributed by atoms with Crippen molar-refractivity contribution in [2.24, 2.45) is 7.05 Å². The van der Waals surface area contributed by atoms with Crippen LogP contribution >= 0.6 is 11.8 Å². The van der Waals surface area contributed by atoms with Crippen LogP contribution in [0, 0.1) is 0 Å². The first-order valence-electron chi connectivity index (χ1n) is 10.0. The molecule has 1 aromatic carbocycles. The van der Waals surface area contributed by atoms with Gasteiger partial charge in [-0.1, -0.05) is 36.7 Å². The monoisotopic (exact) mass is 417 g/mol. The first kappa shape index (κ1) is 21.6. The average molecular weight is 418 g/mol. The first-order chi connectivity index (χ1) is 14.0. The van der Waals surface area contributed by atoms with E-state index in [0.29, 0.717) is 6.54 Å². The van der Waals surface area contributed by atoms with Gasteiger partial charge in [0, 0.05) is 19.3 Å². The van der Waals surface area contributed by atoms with Crippen molar-refractivity contribution >= 4 is 17.7 Å². The molecule has 158 valence electrons. The van der Waals surface area contributed by atoms with Crippen molar-refractivity contribution in [2.45, 2.75) is 42.8 Å². The van der Waals surface area contributed by atoms with Crippen LogP contribution in [0.4, 0.5) is 0 Å². The van der Waals surface area contributed by atoms with E-state index < -0.39 is 5.41 Å². The number of thioether (sulfide) groups is 1. The maximum atomic E-state index is 13.3. The van der Waals surface area contributed by atoms with Gasteiger partial charge in [0.2, 0.25) is 5.91 Å². The van der Waals surface area contributed by atoms with E-state index in [0.717, 1.165) is 60.3 Å². The molecular formula is C21H31N5O2S. The zero-order valence-corrected chi connectivity index (χ0v) is 18.6. The van der Waals surface area contributed by atoms with Crippen molar-refractivity contribution in [3.63, 3.8) is 0 Å². The summed E-state index contributed by atoms with van der Waals surface area (Å²) in [5.41, 5.74) is 0.597. The standard InChI is InChI=1S/C21H31N5O2S/c1-25(2)13-14-29-20-24-23-18(26(20)3)15-22-19(27)21(11-5-6-12-21)16-7-9-17(28-4)10-8-16/h7-10H,5-6,11-15H2,1-4H3,(H,22,27). The number of ether oxygens (including phenoxy) is 1. The molecule has 0 aliphatic heterocycles. The number of carbonyl (C=O) groups excluding carboxylic acids is 1. The Hall–Kier alpha value is -2.06. The highest BCUT2D eigenvalue weighted by Crippen LogP contribution is 2.41. The third-order valence-corrected chi connectivity index (χ3v) is 6.64. The lowest BCUT2D eigenvalue weighted by atomic mass is 9.78. The Morgan fingerprint density at radius 2 is 1.93 bits per heavy atom. The lowest BCUT2D eigenvalue weighted by molar-refractivity contribution is -0.126. The van der Waals surface area contributed by atoms with Crippen LogP contribution in [0.5, 0.6) is 5.75 Å². The maximum absolute atomic E-state index is 13.3. The van der Waals surface area contributed by atoms with Gasteiger partial charge in [0.25, 0.3) is 0 Å². The number of hydrogen-bond donors (Lipinski definition) is 1. The van der Waals surface area contributed by atoms with Crippen molar-refractivity contribution in [1.82, 2.24) is 25.0 Å². The molecule has 0 bridgehead atoms. The van der Waals surface area contributed by atoms with Crippen molar-refractivity contribution < 1.29 is 9.53 Å². The van der Waals surface area contributed by atoms with Crippen LogP contribution in [0.3, 0.4) is 0 Å². The summed E-state index contributed by atoms with van der Waals surface area (Å²) >= 11 is 1.68. The summed E-state index contributed by atoms with van der Waals surface area (Å²) in [6.07, 6.45) is 3.87. The molecule has 0 saturated heterocycles. The highest BCUT2D eigenvalue weighted by Gasteiger charge is 2.42. The third kappa shape index (κ3) is 4.93. The van der Waals surface area contributed by atoms with Gasteiger partial charge < -0.3 is 19.5 Å². The van der Waals surface area contributed by atoms with Crippen LogP contribution in [0.15, 0.2) is 29.4 Å². The van der Waals surface area contributed by atoms with E-state index in [2.05, 4.69) is 34.5 Å². The first-order valence-corrected chi connectivity index (χ1v) is 11.0. The van der Waals surface area contributed by atoms with Crippen LogP contribution in [-0.2, 0) is 23.8 Å². The average Bonchev–Trinajstić information content (AvgIpc) is 3.35. The van der Waals surface area contributed by atoms with Crippen LogP contribution in [-0.4, -0.2) is 59.1 Å². The molecule has 1 heterocycles. The Kier molecular flexibility index (Phi) is 7.18. The molecule has 29 heavy (non-hydrogen) atoms. The van der Waals surface area contributed by atoms with Gasteiger partial charge in [-0.25, -0.2) is 0 Å². The number of nitrogens with one attached hydrogen (secondary N) is 1. The molecule has 1 N–H and O–H groups in total. The van der Waals surface area contributed by atoms with Gasteiger partial charge in [0.1, 0.15) is 5.75 Å². The van der Waals surface area contributed by atoms with Gasteiger partial charge in [-0.05, 0) is 44.6 Å². The van der Waals surface area contributed by atoms with Gasteiger partial charge in [-0.15, -0.1) is 10.2 Å². The summed E-state index contributed by atoms with van der Waals surface area (Å²) in [5, 5.41) is 12.6. The topological polar surface area (TPSA) is 72.3 Å². The minimum atomic E-state index is -0.464. The maximum Gasteiger partial charge on any atom is 0.231 e. The van der Waals surface area contributed by atoms with E-state index >= 15 is 0 Å². The molecule has 0 spiro atoms. The van der Waals surface area contributed by atoms with E-state index in [9.17, 15) is 4.79 Å². The minimum Gasteiger partial charge on any atom is -0.497 e. The Balaban J connectivity index is 1.66. The van der Waals surface area contributed by atoms with Crippen molar-refractivity contribution in [1.29, 1.82) is 0 Å². The Morgan fingerprint density at radius 1 is 1.24 bits per heavy atom. The molecule has 3 rings (SSSR count). The number of amides is 1. The van der Waals surface area contributed by atoms with Crippen LogP contribution in [0.1, 0.15) is 37.1 Å². The largest absolute Gasteiger partial charge is 0.497 e. The second-order valence-corrected chi connectivity index (χ2v) is 8.87. The highest BCUT2D eigenvalue weighted by molar-refractivity contribution is 7.99. The Morgan fingerprint density at radius 3 is 2.55 bits per heavy atom. The quantitative estimate of drug-likeness (QED) is 0.633. The minimum absolute atomic E-state index is 0.0741. The summed E-state index contributed by atoms with van der Waals surface area (Å²) in [6, 6.07) is 7.91. The Bertz CT molecular complexity index is 813. The van der Waals surface area contributed by atoms with E-state index in [-0.39, 0.29) is 5.91 Å². The molecule has 1 saturated carbocycles. The molecule has 7 nitrogen and oxygen atoms in total. The SMILES string of the molecule is COc1ccc(C2(C(=O)NCc3nnc(SCCN(C)C)n3C)CCCC2)cc1. The molecule has 1 aliphatic rings. The van der Waals surface area contributed by atoms with Gasteiger partial charge in [0.05, 0.1) is 19.1 Å². The Labute approximate surface area is 177 Å². The fourth-order valence-corrected chi connectivity index (χ4v) is 4.84. The van der Waals surface area contributed by atoms with Crippen molar-refractivity contribution in [3.8, 4) is 5.75 Å². The van der Waals surface area contributed by atoms with E-state index in [1.165, 1.54) is 0 Å². The number of rotatable bonds is 9. The zero-order valence-electron chi connectivity index (χ0n) is 17.8. The second-order valence-electron chi connectivity index (χ2n) is 7.81. The summed E-state index contributed by atoms with van der Waals surface area (Å²) < 4.78 is 7.23. The summed E-state index contributed by atoms with van der Waals surface area (Å²) in [7, 11) is 7.72. The number of hydrogen-bond acceptors (Lipinski definition) is 6. The van der Waals surface area contributed by atoms with Crippen LogP contribution < -0.4 is 10.1 Å². The van der Waals surface area contributed by atoms with Gasteiger partial charge in [0.15, 0.2) is 11.0 Å². The van der Waals surface area contributed by atoms with Gasteiger partial charge in [-0.2, -0.15) is 0 Å². The number of methoxy groups -OCH3 is 1. The molecule has 1 amide bonds. The van der Waals surface area contributed by atoms with Gasteiger partial charge in [-0.3, -0.25) is 4.79 Å². The zero-order chi connectivity index (χ0) is 20.9. The molecule has 2 aromatic rings. The van der Waals surface area contributed by atoms with E-state index in [4.69, 9.17) is 4.74 Å². The number of aromatic nitrogens is 3. The van der Waals surface area contributed by atoms with Crippen molar-refractivity contribution in [2.75, 3.05) is 33.5 Å². The lowest BCUT2D eigenvalue weighted by Crippen LogP contribution is -2.42. The normalized spacial score (nSPS) is 15.6. The fraction of sp³-hybridized carbons (Fsp3) is 0.571. The fourth-order valence-electron chi connectivity index (χ4n) is 3.81. The summed E-state index contributed by atoms with van der Waals surface area (Å²) in [6.45, 7) is 1.36. The third-order valence-electron chi connectivity index (χ3n) is 5.64. The number of carbonyl (C=O) groups is 1. The van der Waals surface area contributed by atoms with Crippen molar-refractivity contribution in [3.05, 3.63) is 35.7 Å². The number of nitrogens with zero attached hydrogens (tertiary/aromatic N) is 4.